The number of nitrogens with one attached hydrogen (secondary N) is 1. The molecule has 158 valence electrons. The third-order valence-electron chi connectivity index (χ3n) is 7.30. The molecule has 0 radical (unpaired) electrons. The van der Waals surface area contributed by atoms with Crippen LogP contribution in [0.25, 0.3) is 0 Å². The minimum atomic E-state index is -0.323. The highest BCUT2D eigenvalue weighted by atomic mass is 16.2. The van der Waals surface area contributed by atoms with Crippen LogP contribution in [-0.4, -0.2) is 72.5 Å². The van der Waals surface area contributed by atoms with E-state index < -0.39 is 0 Å². The average Bonchev–Trinajstić information content (AvgIpc) is 3.33. The maximum absolute atomic E-state index is 13.5. The van der Waals surface area contributed by atoms with Gasteiger partial charge in [0.1, 0.15) is 0 Å². The Morgan fingerprint density at radius 3 is 2.38 bits per heavy atom. The number of hydrogen-bond donors (Lipinski definition) is 1. The van der Waals surface area contributed by atoms with Crippen LogP contribution in [-0.2, 0) is 11.2 Å². The molecule has 6 nitrogen and oxygen atoms in total. The van der Waals surface area contributed by atoms with Crippen LogP contribution in [0.2, 0.25) is 0 Å². The lowest BCUT2D eigenvalue weighted by Crippen LogP contribution is -2.49. The van der Waals surface area contributed by atoms with Gasteiger partial charge >= 0.3 is 6.03 Å². The molecule has 6 heteroatoms. The van der Waals surface area contributed by atoms with Gasteiger partial charge in [0.25, 0.3) is 0 Å². The summed E-state index contributed by atoms with van der Waals surface area (Å²) in [6.45, 7) is 6.23. The van der Waals surface area contributed by atoms with Gasteiger partial charge < -0.3 is 20.0 Å². The van der Waals surface area contributed by atoms with E-state index in [9.17, 15) is 9.59 Å². The zero-order valence-corrected chi connectivity index (χ0v) is 17.8. The quantitative estimate of drug-likeness (QED) is 0.851. The van der Waals surface area contributed by atoms with Crippen molar-refractivity contribution in [3.05, 3.63) is 29.8 Å². The molecule has 1 N–H and O–H groups in total. The summed E-state index contributed by atoms with van der Waals surface area (Å²) in [4.78, 5) is 32.8. The van der Waals surface area contributed by atoms with E-state index in [0.717, 1.165) is 63.8 Å². The number of rotatable bonds is 3. The number of nitrogens with zero attached hydrogens (tertiary/aromatic N) is 3. The Bertz CT molecular complexity index is 744. The first-order valence-electron chi connectivity index (χ1n) is 11.2. The third kappa shape index (κ3) is 3.87. The van der Waals surface area contributed by atoms with Gasteiger partial charge in [0.2, 0.25) is 5.91 Å². The topological polar surface area (TPSA) is 55.9 Å². The minimum Gasteiger partial charge on any atom is -0.342 e. The number of likely N-dealkylation sites (tertiary alicyclic amines) is 3. The minimum absolute atomic E-state index is 0.0550. The molecule has 0 saturated carbocycles. The molecule has 0 unspecified atom stereocenters. The number of anilines is 1. The molecule has 3 saturated heterocycles. The Balaban J connectivity index is 1.46. The summed E-state index contributed by atoms with van der Waals surface area (Å²) in [5.74, 6) is 0.335. The van der Waals surface area contributed by atoms with E-state index in [1.807, 2.05) is 17.0 Å². The summed E-state index contributed by atoms with van der Waals surface area (Å²) < 4.78 is 0. The summed E-state index contributed by atoms with van der Waals surface area (Å²) in [6.07, 6.45) is 5.76. The number of fused-ring (bicyclic) bond motifs is 1. The number of amides is 3. The summed E-state index contributed by atoms with van der Waals surface area (Å²) in [5.41, 5.74) is 1.77. The first kappa shape index (κ1) is 20.2. The standard InChI is InChI=1S/C23H34N4O2/c1-3-18-6-8-19(9-7-18)24-22(29)27-15-10-20-23(12-17-27,11-16-25(20)2)21(28)26-13-4-5-14-26/h6-9,20H,3-5,10-17H2,1-2H3,(H,24,29)/t20-,23-/m0/s1. The van der Waals surface area contributed by atoms with Gasteiger partial charge in [-0.1, -0.05) is 19.1 Å². The molecule has 4 rings (SSSR count). The second-order valence-corrected chi connectivity index (χ2v) is 8.91. The summed E-state index contributed by atoms with van der Waals surface area (Å²) in [5, 5.41) is 3.04. The largest absolute Gasteiger partial charge is 0.342 e. The van der Waals surface area contributed by atoms with Gasteiger partial charge in [-0.05, 0) is 69.8 Å². The third-order valence-corrected chi connectivity index (χ3v) is 7.30. The molecule has 1 aromatic rings. The molecule has 29 heavy (non-hydrogen) atoms. The number of hydrogen-bond acceptors (Lipinski definition) is 3. The normalized spacial score (nSPS) is 27.6. The number of carbonyl (C=O) groups excluding carboxylic acids is 2. The van der Waals surface area contributed by atoms with Crippen LogP contribution in [0.3, 0.4) is 0 Å². The van der Waals surface area contributed by atoms with Crippen LogP contribution < -0.4 is 5.32 Å². The van der Waals surface area contributed by atoms with Crippen LogP contribution >= 0.6 is 0 Å². The molecule has 3 amide bonds. The van der Waals surface area contributed by atoms with E-state index in [1.54, 1.807) is 0 Å². The second kappa shape index (κ2) is 8.34. The molecule has 0 aromatic heterocycles. The van der Waals surface area contributed by atoms with Crippen LogP contribution in [0.4, 0.5) is 10.5 Å². The monoisotopic (exact) mass is 398 g/mol. The number of urea groups is 1. The first-order valence-corrected chi connectivity index (χ1v) is 11.2. The molecule has 3 heterocycles. The molecule has 3 aliphatic heterocycles. The molecule has 2 atom stereocenters. The predicted octanol–water partition coefficient (Wildman–Crippen LogP) is 3.19. The number of aryl methyl sites for hydroxylation is 1. The zero-order chi connectivity index (χ0) is 20.4. The fourth-order valence-electron chi connectivity index (χ4n) is 5.45. The van der Waals surface area contributed by atoms with E-state index in [-0.39, 0.29) is 17.5 Å². The van der Waals surface area contributed by atoms with E-state index >= 15 is 0 Å². The highest BCUT2D eigenvalue weighted by Gasteiger charge is 2.54. The Kier molecular flexibility index (Phi) is 5.81. The molecule has 1 aromatic carbocycles. The van der Waals surface area contributed by atoms with E-state index in [0.29, 0.717) is 19.0 Å². The SMILES string of the molecule is CCc1ccc(NC(=O)N2CC[C@@H]3N(C)CC[C@]3(C(=O)N3CCCC3)CC2)cc1. The lowest BCUT2D eigenvalue weighted by atomic mass is 9.75. The summed E-state index contributed by atoms with van der Waals surface area (Å²) in [7, 11) is 2.13. The van der Waals surface area contributed by atoms with Gasteiger partial charge in [-0.15, -0.1) is 0 Å². The van der Waals surface area contributed by atoms with Gasteiger partial charge in [-0.25, -0.2) is 4.79 Å². The Morgan fingerprint density at radius 1 is 1.00 bits per heavy atom. The fraction of sp³-hybridized carbons (Fsp3) is 0.652. The maximum Gasteiger partial charge on any atom is 0.321 e. The molecule has 0 bridgehead atoms. The average molecular weight is 399 g/mol. The van der Waals surface area contributed by atoms with Crippen LogP contribution in [0, 0.1) is 5.41 Å². The van der Waals surface area contributed by atoms with Gasteiger partial charge in [-0.3, -0.25) is 4.79 Å². The Hall–Kier alpha value is -2.08. The van der Waals surface area contributed by atoms with Gasteiger partial charge in [0, 0.05) is 37.9 Å². The zero-order valence-electron chi connectivity index (χ0n) is 17.8. The van der Waals surface area contributed by atoms with Crippen molar-refractivity contribution in [2.45, 2.75) is 51.5 Å². The Morgan fingerprint density at radius 2 is 1.69 bits per heavy atom. The van der Waals surface area contributed by atoms with Crippen molar-refractivity contribution in [3.8, 4) is 0 Å². The first-order chi connectivity index (χ1) is 14.0. The lowest BCUT2D eigenvalue weighted by Gasteiger charge is -2.37. The van der Waals surface area contributed by atoms with Crippen molar-refractivity contribution in [1.82, 2.24) is 14.7 Å². The van der Waals surface area contributed by atoms with Crippen molar-refractivity contribution in [2.24, 2.45) is 5.41 Å². The highest BCUT2D eigenvalue weighted by Crippen LogP contribution is 2.45. The van der Waals surface area contributed by atoms with E-state index in [2.05, 4.69) is 41.2 Å². The van der Waals surface area contributed by atoms with Crippen molar-refractivity contribution in [1.29, 1.82) is 0 Å². The van der Waals surface area contributed by atoms with Crippen LogP contribution in [0.5, 0.6) is 0 Å². The van der Waals surface area contributed by atoms with Crippen molar-refractivity contribution < 1.29 is 9.59 Å². The number of benzene rings is 1. The predicted molar refractivity (Wildman–Crippen MR) is 115 cm³/mol. The molecule has 3 aliphatic rings. The summed E-state index contributed by atoms with van der Waals surface area (Å²) in [6, 6.07) is 8.23. The van der Waals surface area contributed by atoms with Gasteiger partial charge in [-0.2, -0.15) is 0 Å². The molecular weight excluding hydrogens is 364 g/mol. The lowest BCUT2D eigenvalue weighted by molar-refractivity contribution is -0.142. The molecule has 3 fully saturated rings. The van der Waals surface area contributed by atoms with E-state index in [1.165, 1.54) is 5.56 Å². The maximum atomic E-state index is 13.5. The molecule has 0 aliphatic carbocycles. The Labute approximate surface area is 174 Å². The van der Waals surface area contributed by atoms with E-state index in [4.69, 9.17) is 0 Å². The van der Waals surface area contributed by atoms with Gasteiger partial charge in [0.15, 0.2) is 0 Å². The number of carbonyl (C=O) groups is 2. The second-order valence-electron chi connectivity index (χ2n) is 8.91. The van der Waals surface area contributed by atoms with Crippen molar-refractivity contribution >= 4 is 17.6 Å². The fourth-order valence-corrected chi connectivity index (χ4v) is 5.45. The smallest absolute Gasteiger partial charge is 0.321 e. The van der Waals surface area contributed by atoms with Crippen molar-refractivity contribution in [3.63, 3.8) is 0 Å². The van der Waals surface area contributed by atoms with Crippen LogP contribution in [0.1, 0.15) is 44.6 Å². The highest BCUT2D eigenvalue weighted by molar-refractivity contribution is 5.89. The van der Waals surface area contributed by atoms with Crippen molar-refractivity contribution in [2.75, 3.05) is 45.1 Å². The molecule has 0 spiro atoms. The van der Waals surface area contributed by atoms with Gasteiger partial charge in [0.05, 0.1) is 5.41 Å². The van der Waals surface area contributed by atoms with Crippen LogP contribution in [0.15, 0.2) is 24.3 Å². The summed E-state index contributed by atoms with van der Waals surface area (Å²) >= 11 is 0. The molecular formula is C23H34N4O2.